The molecule has 11 nitrogen and oxygen atoms in total. The molecule has 0 unspecified atom stereocenters. The summed E-state index contributed by atoms with van der Waals surface area (Å²) in [5.74, 6) is 0.995. The summed E-state index contributed by atoms with van der Waals surface area (Å²) in [6, 6.07) is 14.9. The quantitative estimate of drug-likeness (QED) is 0.216. The summed E-state index contributed by atoms with van der Waals surface area (Å²) in [5.41, 5.74) is 1.03. The van der Waals surface area contributed by atoms with Crippen LogP contribution in [-0.2, 0) is 10.0 Å². The van der Waals surface area contributed by atoms with Gasteiger partial charge in [-0.1, -0.05) is 16.7 Å². The van der Waals surface area contributed by atoms with E-state index in [1.165, 1.54) is 48.5 Å². The molecule has 0 aliphatic heterocycles. The van der Waals surface area contributed by atoms with E-state index in [0.717, 1.165) is 0 Å². The number of hydrogen-bond donors (Lipinski definition) is 2. The number of ether oxygens (including phenoxy) is 3. The predicted octanol–water partition coefficient (Wildman–Crippen LogP) is 5.64. The van der Waals surface area contributed by atoms with E-state index in [4.69, 9.17) is 30.2 Å². The van der Waals surface area contributed by atoms with Crippen LogP contribution in [0.5, 0.6) is 17.2 Å². The van der Waals surface area contributed by atoms with Gasteiger partial charge in [0.1, 0.15) is 0 Å². The first kappa shape index (κ1) is 28.7. The molecule has 0 saturated heterocycles. The van der Waals surface area contributed by atoms with Gasteiger partial charge in [0.05, 0.1) is 24.7 Å². The van der Waals surface area contributed by atoms with Crippen LogP contribution in [-0.4, -0.2) is 44.3 Å². The van der Waals surface area contributed by atoms with Crippen LogP contribution in [0.3, 0.4) is 0 Å². The Morgan fingerprint density at radius 2 is 1.48 bits per heavy atom. The van der Waals surface area contributed by atoms with Crippen molar-refractivity contribution in [2.45, 2.75) is 25.7 Å². The largest absolute Gasteiger partial charge is 0.490 e. The maximum atomic E-state index is 12.8. The molecule has 4 aromatic rings. The Morgan fingerprint density at radius 3 is 2.05 bits per heavy atom. The minimum atomic E-state index is -3.82. The van der Waals surface area contributed by atoms with Crippen molar-refractivity contribution >= 4 is 39.2 Å². The first-order valence-electron chi connectivity index (χ1n) is 12.3. The third kappa shape index (κ3) is 6.82. The number of aromatic nitrogens is 2. The van der Waals surface area contributed by atoms with E-state index >= 15 is 0 Å². The lowest BCUT2D eigenvalue weighted by Crippen LogP contribution is -2.14. The zero-order valence-corrected chi connectivity index (χ0v) is 23.5. The van der Waals surface area contributed by atoms with Crippen LogP contribution in [0.1, 0.15) is 31.1 Å². The van der Waals surface area contributed by atoms with Gasteiger partial charge < -0.3 is 18.6 Å². The second kappa shape index (κ2) is 12.7. The average Bonchev–Trinajstić information content (AvgIpc) is 3.39. The van der Waals surface area contributed by atoms with Crippen molar-refractivity contribution in [2.24, 2.45) is 0 Å². The van der Waals surface area contributed by atoms with E-state index in [2.05, 4.69) is 20.2 Å². The number of halogens is 1. The maximum Gasteiger partial charge on any atom is 0.322 e. The molecule has 1 amide bonds. The number of amides is 1. The average molecular weight is 587 g/mol. The highest BCUT2D eigenvalue weighted by Crippen LogP contribution is 2.42. The summed E-state index contributed by atoms with van der Waals surface area (Å²) in [6.45, 7) is 6.79. The molecule has 210 valence electrons. The van der Waals surface area contributed by atoms with Crippen LogP contribution in [0.4, 0.5) is 11.7 Å². The standard InChI is InChI=1S/C27H27ClN4O7S/c1-4-36-22-15-18(16-23(37-5-2)24(22)38-6-3)26-30-31-27(39-26)29-25(33)17-7-11-20(12-8-17)32-40(34,35)21-13-9-19(28)10-14-21/h7-16,32H,4-6H2,1-3H3,(H,29,31,33). The highest BCUT2D eigenvalue weighted by atomic mass is 35.5. The minimum Gasteiger partial charge on any atom is -0.490 e. The topological polar surface area (TPSA) is 142 Å². The molecule has 0 aliphatic rings. The van der Waals surface area contributed by atoms with Gasteiger partial charge in [-0.2, -0.15) is 0 Å². The summed E-state index contributed by atoms with van der Waals surface area (Å²) in [5, 5.41) is 10.9. The Bertz CT molecular complexity index is 1550. The number of anilines is 2. The number of sulfonamides is 1. The fourth-order valence-electron chi connectivity index (χ4n) is 3.59. The lowest BCUT2D eigenvalue weighted by Gasteiger charge is -2.16. The summed E-state index contributed by atoms with van der Waals surface area (Å²) >= 11 is 5.83. The smallest absolute Gasteiger partial charge is 0.322 e. The van der Waals surface area contributed by atoms with E-state index in [1.54, 1.807) is 12.1 Å². The number of nitrogens with zero attached hydrogens (tertiary/aromatic N) is 2. The number of carbonyl (C=O) groups is 1. The third-order valence-corrected chi connectivity index (χ3v) is 6.97. The van der Waals surface area contributed by atoms with Crippen LogP contribution in [0.2, 0.25) is 5.02 Å². The molecule has 0 fully saturated rings. The maximum absolute atomic E-state index is 12.8. The summed E-state index contributed by atoms with van der Waals surface area (Å²) in [7, 11) is -3.82. The van der Waals surface area contributed by atoms with E-state index in [9.17, 15) is 13.2 Å². The Kier molecular flexibility index (Phi) is 9.12. The SMILES string of the molecule is CCOc1cc(-c2nnc(NC(=O)c3ccc(NS(=O)(=O)c4ccc(Cl)cc4)cc3)o2)cc(OCC)c1OCC. The first-order valence-corrected chi connectivity index (χ1v) is 14.2. The van der Waals surface area contributed by atoms with Gasteiger partial charge in [-0.25, -0.2) is 8.42 Å². The Hall–Kier alpha value is -4.29. The number of carbonyl (C=O) groups excluding carboxylic acids is 1. The van der Waals surface area contributed by atoms with Gasteiger partial charge in [-0.3, -0.25) is 14.8 Å². The molecule has 3 aromatic carbocycles. The Morgan fingerprint density at radius 1 is 0.875 bits per heavy atom. The molecular formula is C27H27ClN4O7S. The van der Waals surface area contributed by atoms with E-state index in [-0.39, 0.29) is 28.1 Å². The molecule has 40 heavy (non-hydrogen) atoms. The molecule has 0 spiro atoms. The van der Waals surface area contributed by atoms with Crippen molar-refractivity contribution in [3.63, 3.8) is 0 Å². The van der Waals surface area contributed by atoms with Gasteiger partial charge in [0, 0.05) is 21.8 Å². The molecule has 1 aromatic heterocycles. The molecular weight excluding hydrogens is 560 g/mol. The lowest BCUT2D eigenvalue weighted by molar-refractivity contribution is 0.102. The number of benzene rings is 3. The molecule has 0 bridgehead atoms. The zero-order valence-electron chi connectivity index (χ0n) is 21.9. The zero-order chi connectivity index (χ0) is 28.7. The van der Waals surface area contributed by atoms with Crippen molar-refractivity contribution in [1.82, 2.24) is 10.2 Å². The number of rotatable bonds is 12. The van der Waals surface area contributed by atoms with Crippen LogP contribution in [0.25, 0.3) is 11.5 Å². The van der Waals surface area contributed by atoms with Crippen LogP contribution >= 0.6 is 11.6 Å². The molecule has 0 atom stereocenters. The van der Waals surface area contributed by atoms with E-state index < -0.39 is 15.9 Å². The van der Waals surface area contributed by atoms with Crippen molar-refractivity contribution in [1.29, 1.82) is 0 Å². The molecule has 2 N–H and O–H groups in total. The van der Waals surface area contributed by atoms with Crippen LogP contribution in [0.15, 0.2) is 70.0 Å². The molecule has 1 heterocycles. The number of nitrogens with one attached hydrogen (secondary N) is 2. The molecule has 0 saturated carbocycles. The fraction of sp³-hybridized carbons (Fsp3) is 0.222. The normalized spacial score (nSPS) is 11.1. The van der Waals surface area contributed by atoms with Crippen LogP contribution in [0, 0.1) is 0 Å². The second-order valence-corrected chi connectivity index (χ2v) is 10.2. The van der Waals surface area contributed by atoms with Gasteiger partial charge in [-0.15, -0.1) is 5.10 Å². The van der Waals surface area contributed by atoms with Crippen molar-refractivity contribution in [2.75, 3.05) is 29.9 Å². The molecule has 0 aliphatic carbocycles. The highest BCUT2D eigenvalue weighted by molar-refractivity contribution is 7.92. The molecule has 4 rings (SSSR count). The summed E-state index contributed by atoms with van der Waals surface area (Å²) in [4.78, 5) is 12.8. The van der Waals surface area contributed by atoms with Crippen LogP contribution < -0.4 is 24.2 Å². The molecule has 0 radical (unpaired) electrons. The van der Waals surface area contributed by atoms with E-state index in [1.807, 2.05) is 20.8 Å². The Balaban J connectivity index is 1.48. The second-order valence-electron chi connectivity index (χ2n) is 8.10. The lowest BCUT2D eigenvalue weighted by atomic mass is 10.2. The van der Waals surface area contributed by atoms with Gasteiger partial charge in [0.2, 0.25) is 11.6 Å². The van der Waals surface area contributed by atoms with Gasteiger partial charge >= 0.3 is 6.01 Å². The van der Waals surface area contributed by atoms with Crippen molar-refractivity contribution in [3.05, 3.63) is 71.2 Å². The van der Waals surface area contributed by atoms with E-state index in [0.29, 0.717) is 47.7 Å². The molecule has 13 heteroatoms. The van der Waals surface area contributed by atoms with Gasteiger partial charge in [0.15, 0.2) is 11.5 Å². The minimum absolute atomic E-state index is 0.0557. The summed E-state index contributed by atoms with van der Waals surface area (Å²) in [6.07, 6.45) is 0. The van der Waals surface area contributed by atoms with Gasteiger partial charge in [-0.05, 0) is 81.4 Å². The fourth-order valence-corrected chi connectivity index (χ4v) is 4.77. The van der Waals surface area contributed by atoms with Crippen molar-refractivity contribution in [3.8, 4) is 28.7 Å². The number of hydrogen-bond acceptors (Lipinski definition) is 9. The third-order valence-electron chi connectivity index (χ3n) is 5.32. The predicted molar refractivity (Wildman–Crippen MR) is 150 cm³/mol. The monoisotopic (exact) mass is 586 g/mol. The Labute approximate surface area is 236 Å². The first-order chi connectivity index (χ1) is 19.2. The van der Waals surface area contributed by atoms with Crippen molar-refractivity contribution < 1.29 is 31.8 Å². The summed E-state index contributed by atoms with van der Waals surface area (Å²) < 4.78 is 50.4. The van der Waals surface area contributed by atoms with Gasteiger partial charge in [0.25, 0.3) is 15.9 Å². The highest BCUT2D eigenvalue weighted by Gasteiger charge is 2.20.